The third-order valence-electron chi connectivity index (χ3n) is 2.97. The molecule has 110 valence electrons. The van der Waals surface area contributed by atoms with Gasteiger partial charge in [-0.15, -0.1) is 0 Å². The van der Waals surface area contributed by atoms with E-state index in [1.165, 1.54) is 24.3 Å². The Labute approximate surface area is 120 Å². The molecule has 0 spiro atoms. The van der Waals surface area contributed by atoms with Crippen molar-refractivity contribution in [2.24, 2.45) is 0 Å². The topological polar surface area (TPSA) is 79.5 Å². The van der Waals surface area contributed by atoms with Crippen LogP contribution in [0.4, 0.5) is 4.39 Å². The van der Waals surface area contributed by atoms with Gasteiger partial charge >= 0.3 is 5.97 Å². The van der Waals surface area contributed by atoms with E-state index < -0.39 is 23.7 Å². The highest BCUT2D eigenvalue weighted by Gasteiger charge is 2.26. The molecule has 0 aliphatic rings. The normalized spacial score (nSPS) is 11.9. The van der Waals surface area contributed by atoms with Crippen LogP contribution in [0.15, 0.2) is 40.8 Å². The molecule has 1 aromatic carbocycles. The lowest BCUT2D eigenvalue weighted by molar-refractivity contribution is -0.139. The summed E-state index contributed by atoms with van der Waals surface area (Å²) in [5.74, 6) is -2.15. The number of furan rings is 1. The molecule has 0 aliphatic heterocycles. The minimum Gasteiger partial charge on any atom is -0.479 e. The van der Waals surface area contributed by atoms with Crippen LogP contribution in [0, 0.1) is 5.82 Å². The van der Waals surface area contributed by atoms with Gasteiger partial charge in [-0.2, -0.15) is 0 Å². The number of nitrogens with one attached hydrogen (secondary N) is 1. The fraction of sp³-hybridized carbons (Fsp3) is 0.200. The van der Waals surface area contributed by atoms with E-state index in [1.807, 2.05) is 6.92 Å². The number of carboxylic acid groups (broad SMARTS) is 1. The molecule has 21 heavy (non-hydrogen) atoms. The van der Waals surface area contributed by atoms with Crippen LogP contribution in [0.1, 0.15) is 34.8 Å². The number of carbonyl (C=O) groups excluding carboxylic acids is 1. The minimum absolute atomic E-state index is 0.00515. The maximum Gasteiger partial charge on any atom is 0.331 e. The van der Waals surface area contributed by atoms with Gasteiger partial charge in [0.25, 0.3) is 5.91 Å². The van der Waals surface area contributed by atoms with Crippen LogP contribution < -0.4 is 5.32 Å². The lowest BCUT2D eigenvalue weighted by Gasteiger charge is -2.14. The van der Waals surface area contributed by atoms with Crippen molar-refractivity contribution in [3.8, 4) is 0 Å². The summed E-state index contributed by atoms with van der Waals surface area (Å²) in [5, 5.41) is 11.4. The first-order chi connectivity index (χ1) is 10.0. The molecule has 1 heterocycles. The zero-order valence-corrected chi connectivity index (χ0v) is 11.3. The fourth-order valence-corrected chi connectivity index (χ4v) is 1.87. The predicted octanol–water partition coefficient (Wildman–Crippen LogP) is 2.54. The quantitative estimate of drug-likeness (QED) is 0.887. The first-order valence-corrected chi connectivity index (χ1v) is 6.39. The second-order valence-corrected chi connectivity index (χ2v) is 4.39. The smallest absolute Gasteiger partial charge is 0.331 e. The molecule has 0 fully saturated rings. The van der Waals surface area contributed by atoms with Gasteiger partial charge in [0.2, 0.25) is 0 Å². The van der Waals surface area contributed by atoms with Gasteiger partial charge < -0.3 is 14.8 Å². The Balaban J connectivity index is 2.23. The van der Waals surface area contributed by atoms with Gasteiger partial charge in [0.1, 0.15) is 11.6 Å². The Morgan fingerprint density at radius 3 is 2.57 bits per heavy atom. The molecule has 1 aromatic heterocycles. The highest BCUT2D eigenvalue weighted by molar-refractivity contribution is 5.94. The van der Waals surface area contributed by atoms with E-state index in [4.69, 9.17) is 4.42 Å². The molecule has 0 aliphatic carbocycles. The Morgan fingerprint density at radius 1 is 1.29 bits per heavy atom. The number of carbonyl (C=O) groups is 2. The summed E-state index contributed by atoms with van der Waals surface area (Å²) in [6, 6.07) is 7.01. The van der Waals surface area contributed by atoms with Crippen molar-refractivity contribution in [2.45, 2.75) is 19.4 Å². The molecule has 1 amide bonds. The number of carboxylic acids is 1. The van der Waals surface area contributed by atoms with E-state index >= 15 is 0 Å². The number of aliphatic carboxylic acids is 1. The monoisotopic (exact) mass is 291 g/mol. The lowest BCUT2D eigenvalue weighted by atomic mass is 10.1. The second kappa shape index (κ2) is 6.21. The van der Waals surface area contributed by atoms with E-state index in [1.54, 1.807) is 6.07 Å². The first-order valence-electron chi connectivity index (χ1n) is 6.39. The summed E-state index contributed by atoms with van der Waals surface area (Å²) in [4.78, 5) is 23.3. The highest BCUT2D eigenvalue weighted by atomic mass is 19.1. The van der Waals surface area contributed by atoms with Crippen molar-refractivity contribution in [3.63, 3.8) is 0 Å². The molecule has 0 radical (unpaired) electrons. The maximum atomic E-state index is 13.7. The average molecular weight is 291 g/mol. The highest BCUT2D eigenvalue weighted by Crippen LogP contribution is 2.18. The maximum absolute atomic E-state index is 13.7. The van der Waals surface area contributed by atoms with Crippen molar-refractivity contribution in [3.05, 3.63) is 59.3 Å². The van der Waals surface area contributed by atoms with Crippen LogP contribution in [0.5, 0.6) is 0 Å². The van der Waals surface area contributed by atoms with Crippen LogP contribution in [-0.4, -0.2) is 17.0 Å². The summed E-state index contributed by atoms with van der Waals surface area (Å²) in [7, 11) is 0. The molecule has 2 aromatic rings. The molecule has 0 saturated carbocycles. The number of aryl methyl sites for hydroxylation is 1. The standard InChI is InChI=1S/C15H14FNO4/c1-2-9-7-8-12(21-9)14(18)17-13(15(19)20)10-5-3-4-6-11(10)16/h3-8,13H,2H2,1H3,(H,17,18)(H,19,20)/t13-/m1/s1. The molecule has 0 unspecified atom stereocenters. The first kappa shape index (κ1) is 14.8. The number of benzene rings is 1. The number of rotatable bonds is 5. The predicted molar refractivity (Wildman–Crippen MR) is 72.3 cm³/mol. The van der Waals surface area contributed by atoms with Crippen LogP contribution >= 0.6 is 0 Å². The van der Waals surface area contributed by atoms with E-state index in [2.05, 4.69) is 5.32 Å². The van der Waals surface area contributed by atoms with Gasteiger partial charge in [-0.25, -0.2) is 9.18 Å². The van der Waals surface area contributed by atoms with Gasteiger partial charge in [0.15, 0.2) is 11.8 Å². The third kappa shape index (κ3) is 3.28. The van der Waals surface area contributed by atoms with E-state index in [-0.39, 0.29) is 11.3 Å². The Morgan fingerprint density at radius 2 is 2.00 bits per heavy atom. The minimum atomic E-state index is -1.48. The SMILES string of the molecule is CCc1ccc(C(=O)N[C@@H](C(=O)O)c2ccccc2F)o1. The van der Waals surface area contributed by atoms with Crippen LogP contribution in [-0.2, 0) is 11.2 Å². The van der Waals surface area contributed by atoms with Gasteiger partial charge in [-0.3, -0.25) is 4.79 Å². The molecule has 2 rings (SSSR count). The van der Waals surface area contributed by atoms with Gasteiger partial charge in [-0.05, 0) is 18.2 Å². The molecule has 2 N–H and O–H groups in total. The Bertz CT molecular complexity index is 665. The lowest BCUT2D eigenvalue weighted by Crippen LogP contribution is -2.34. The Kier molecular flexibility index (Phi) is 4.37. The molecule has 0 saturated heterocycles. The third-order valence-corrected chi connectivity index (χ3v) is 2.97. The second-order valence-electron chi connectivity index (χ2n) is 4.39. The molecule has 1 atom stereocenters. The van der Waals surface area contributed by atoms with Gasteiger partial charge in [-0.1, -0.05) is 25.1 Å². The van der Waals surface area contributed by atoms with Crippen molar-refractivity contribution < 1.29 is 23.5 Å². The summed E-state index contributed by atoms with van der Waals surface area (Å²) in [5.41, 5.74) is -0.111. The van der Waals surface area contributed by atoms with Crippen LogP contribution in [0.3, 0.4) is 0 Å². The van der Waals surface area contributed by atoms with Gasteiger partial charge in [0, 0.05) is 12.0 Å². The van der Waals surface area contributed by atoms with Crippen LogP contribution in [0.2, 0.25) is 0 Å². The van der Waals surface area contributed by atoms with Gasteiger partial charge in [0.05, 0.1) is 0 Å². The fourth-order valence-electron chi connectivity index (χ4n) is 1.87. The summed E-state index contributed by atoms with van der Waals surface area (Å²) in [6.07, 6.45) is 0.614. The van der Waals surface area contributed by atoms with E-state index in [9.17, 15) is 19.1 Å². The molecule has 0 bridgehead atoms. The summed E-state index contributed by atoms with van der Waals surface area (Å²) < 4.78 is 18.9. The molecule has 6 heteroatoms. The zero-order valence-electron chi connectivity index (χ0n) is 11.3. The van der Waals surface area contributed by atoms with Crippen molar-refractivity contribution in [2.75, 3.05) is 0 Å². The summed E-state index contributed by atoms with van der Waals surface area (Å²) in [6.45, 7) is 1.86. The molecular weight excluding hydrogens is 277 g/mol. The van der Waals surface area contributed by atoms with Crippen LogP contribution in [0.25, 0.3) is 0 Å². The number of hydrogen-bond donors (Lipinski definition) is 2. The molecular formula is C15H14FNO4. The number of hydrogen-bond acceptors (Lipinski definition) is 3. The van der Waals surface area contributed by atoms with Crippen molar-refractivity contribution in [1.29, 1.82) is 0 Å². The largest absolute Gasteiger partial charge is 0.479 e. The number of halogens is 1. The van der Waals surface area contributed by atoms with E-state index in [0.29, 0.717) is 12.2 Å². The van der Waals surface area contributed by atoms with Crippen molar-refractivity contribution >= 4 is 11.9 Å². The van der Waals surface area contributed by atoms with Crippen molar-refractivity contribution in [1.82, 2.24) is 5.32 Å². The Hall–Kier alpha value is -2.63. The summed E-state index contributed by atoms with van der Waals surface area (Å²) >= 11 is 0. The zero-order chi connectivity index (χ0) is 15.4. The van der Waals surface area contributed by atoms with E-state index in [0.717, 1.165) is 6.07 Å². The number of amides is 1. The molecule has 5 nitrogen and oxygen atoms in total. The average Bonchev–Trinajstić information content (AvgIpc) is 2.94.